The Morgan fingerprint density at radius 2 is 2.00 bits per heavy atom. The SMILES string of the molecule is Cc1cc(C)n(-c2ccc(N3C[C@@H]4CN5CCCC[C@H]5[C@@H]4C3)nc2)n1. The van der Waals surface area contributed by atoms with Gasteiger partial charge in [0.25, 0.3) is 0 Å². The average Bonchev–Trinajstić information content (AvgIpc) is 3.27. The number of aromatic nitrogens is 3. The summed E-state index contributed by atoms with van der Waals surface area (Å²) in [5.74, 6) is 2.81. The number of rotatable bonds is 2. The number of anilines is 1. The lowest BCUT2D eigenvalue weighted by molar-refractivity contribution is 0.173. The molecule has 0 radical (unpaired) electrons. The summed E-state index contributed by atoms with van der Waals surface area (Å²) in [6.07, 6.45) is 6.18. The Morgan fingerprint density at radius 1 is 1.08 bits per heavy atom. The van der Waals surface area contributed by atoms with Crippen LogP contribution in [0.5, 0.6) is 0 Å². The normalized spacial score (nSPS) is 29.0. The van der Waals surface area contributed by atoms with Crippen LogP contribution < -0.4 is 4.90 Å². The van der Waals surface area contributed by atoms with Gasteiger partial charge in [0.2, 0.25) is 0 Å². The number of piperidine rings is 1. The van der Waals surface area contributed by atoms with Gasteiger partial charge in [0, 0.05) is 31.4 Å². The van der Waals surface area contributed by atoms with E-state index in [2.05, 4.69) is 40.0 Å². The average molecular weight is 337 g/mol. The van der Waals surface area contributed by atoms with Crippen LogP contribution in [0.3, 0.4) is 0 Å². The zero-order valence-corrected chi connectivity index (χ0v) is 15.2. The fraction of sp³-hybridized carbons (Fsp3) is 0.600. The van der Waals surface area contributed by atoms with Gasteiger partial charge >= 0.3 is 0 Å². The molecule has 25 heavy (non-hydrogen) atoms. The molecule has 5 heterocycles. The van der Waals surface area contributed by atoms with Gasteiger partial charge in [-0.2, -0.15) is 5.10 Å². The fourth-order valence-electron chi connectivity index (χ4n) is 5.32. The second kappa shape index (κ2) is 5.84. The summed E-state index contributed by atoms with van der Waals surface area (Å²) in [7, 11) is 0. The predicted octanol–water partition coefficient (Wildman–Crippen LogP) is 2.80. The van der Waals surface area contributed by atoms with E-state index < -0.39 is 0 Å². The lowest BCUT2D eigenvalue weighted by Gasteiger charge is -2.33. The molecule has 5 heteroatoms. The number of hydrogen-bond donors (Lipinski definition) is 0. The van der Waals surface area contributed by atoms with Gasteiger partial charge < -0.3 is 4.90 Å². The van der Waals surface area contributed by atoms with Gasteiger partial charge in [-0.05, 0) is 63.3 Å². The van der Waals surface area contributed by atoms with E-state index in [1.807, 2.05) is 17.8 Å². The zero-order valence-electron chi connectivity index (χ0n) is 15.2. The molecule has 0 aromatic carbocycles. The maximum absolute atomic E-state index is 4.77. The Kier molecular flexibility index (Phi) is 3.59. The Labute approximate surface area is 149 Å². The second-order valence-electron chi connectivity index (χ2n) is 8.10. The summed E-state index contributed by atoms with van der Waals surface area (Å²) >= 11 is 0. The Hall–Kier alpha value is -1.88. The van der Waals surface area contributed by atoms with E-state index >= 15 is 0 Å². The summed E-state index contributed by atoms with van der Waals surface area (Å²) in [5.41, 5.74) is 3.25. The molecule has 0 aliphatic carbocycles. The van der Waals surface area contributed by atoms with Crippen molar-refractivity contribution in [2.24, 2.45) is 11.8 Å². The summed E-state index contributed by atoms with van der Waals surface area (Å²) in [4.78, 5) is 10.0. The van der Waals surface area contributed by atoms with E-state index in [-0.39, 0.29) is 0 Å². The minimum Gasteiger partial charge on any atom is -0.356 e. The molecule has 3 aliphatic heterocycles. The monoisotopic (exact) mass is 337 g/mol. The van der Waals surface area contributed by atoms with E-state index in [4.69, 9.17) is 4.98 Å². The van der Waals surface area contributed by atoms with E-state index in [9.17, 15) is 0 Å². The summed E-state index contributed by atoms with van der Waals surface area (Å²) < 4.78 is 1.98. The van der Waals surface area contributed by atoms with Crippen molar-refractivity contribution in [3.05, 3.63) is 35.8 Å². The molecular weight excluding hydrogens is 310 g/mol. The predicted molar refractivity (Wildman–Crippen MR) is 99.2 cm³/mol. The maximum Gasteiger partial charge on any atom is 0.128 e. The summed E-state index contributed by atoms with van der Waals surface area (Å²) in [5, 5.41) is 4.56. The fourth-order valence-corrected chi connectivity index (χ4v) is 5.32. The van der Waals surface area contributed by atoms with Crippen LogP contribution in [0.4, 0.5) is 5.82 Å². The molecule has 0 unspecified atom stereocenters. The second-order valence-corrected chi connectivity index (χ2v) is 8.10. The van der Waals surface area contributed by atoms with Crippen molar-refractivity contribution in [2.75, 3.05) is 31.1 Å². The molecule has 3 fully saturated rings. The molecular formula is C20H27N5. The minimum absolute atomic E-state index is 0.831. The third-order valence-electron chi connectivity index (χ3n) is 6.43. The van der Waals surface area contributed by atoms with Gasteiger partial charge in [0.1, 0.15) is 5.82 Å². The van der Waals surface area contributed by atoms with Gasteiger partial charge in [-0.1, -0.05) is 6.42 Å². The molecule has 5 nitrogen and oxygen atoms in total. The maximum atomic E-state index is 4.77. The highest BCUT2D eigenvalue weighted by atomic mass is 15.3. The van der Waals surface area contributed by atoms with Crippen molar-refractivity contribution < 1.29 is 0 Å². The first-order chi connectivity index (χ1) is 12.2. The topological polar surface area (TPSA) is 37.2 Å². The first kappa shape index (κ1) is 15.4. The molecule has 0 amide bonds. The van der Waals surface area contributed by atoms with Crippen LogP contribution in [-0.2, 0) is 0 Å². The van der Waals surface area contributed by atoms with Gasteiger partial charge in [-0.3, -0.25) is 4.90 Å². The van der Waals surface area contributed by atoms with Gasteiger partial charge in [-0.15, -0.1) is 0 Å². The van der Waals surface area contributed by atoms with Gasteiger partial charge in [-0.25, -0.2) is 9.67 Å². The van der Waals surface area contributed by atoms with Crippen molar-refractivity contribution in [3.63, 3.8) is 0 Å². The molecule has 0 saturated carbocycles. The molecule has 3 atom stereocenters. The van der Waals surface area contributed by atoms with Crippen molar-refractivity contribution in [1.82, 2.24) is 19.7 Å². The molecule has 3 saturated heterocycles. The number of nitrogens with zero attached hydrogens (tertiary/aromatic N) is 5. The highest BCUT2D eigenvalue weighted by Crippen LogP contribution is 2.41. The first-order valence-corrected chi connectivity index (χ1v) is 9.68. The van der Waals surface area contributed by atoms with Gasteiger partial charge in [0.15, 0.2) is 0 Å². The zero-order chi connectivity index (χ0) is 17.0. The molecule has 0 bridgehead atoms. The first-order valence-electron chi connectivity index (χ1n) is 9.68. The van der Waals surface area contributed by atoms with Crippen molar-refractivity contribution >= 4 is 5.82 Å². The quantitative estimate of drug-likeness (QED) is 0.844. The molecule has 0 spiro atoms. The number of fused-ring (bicyclic) bond motifs is 3. The summed E-state index contributed by atoms with van der Waals surface area (Å²) in [6, 6.07) is 7.26. The van der Waals surface area contributed by atoms with Gasteiger partial charge in [0.05, 0.1) is 17.6 Å². The number of hydrogen-bond acceptors (Lipinski definition) is 4. The van der Waals surface area contributed by atoms with Crippen LogP contribution in [0.1, 0.15) is 30.7 Å². The highest BCUT2D eigenvalue weighted by Gasteiger charge is 2.47. The van der Waals surface area contributed by atoms with E-state index in [0.717, 1.165) is 40.8 Å². The third kappa shape index (κ3) is 2.56. The Balaban J connectivity index is 1.33. The lowest BCUT2D eigenvalue weighted by Crippen LogP contribution is -2.40. The molecule has 5 rings (SSSR count). The van der Waals surface area contributed by atoms with Crippen LogP contribution in [0.15, 0.2) is 24.4 Å². The van der Waals surface area contributed by atoms with E-state index in [1.165, 1.54) is 45.4 Å². The van der Waals surface area contributed by atoms with E-state index in [0.29, 0.717) is 0 Å². The smallest absolute Gasteiger partial charge is 0.128 e. The van der Waals surface area contributed by atoms with Crippen molar-refractivity contribution in [3.8, 4) is 5.69 Å². The molecule has 3 aliphatic rings. The Morgan fingerprint density at radius 3 is 2.76 bits per heavy atom. The van der Waals surface area contributed by atoms with Crippen LogP contribution in [0.25, 0.3) is 5.69 Å². The largest absolute Gasteiger partial charge is 0.356 e. The minimum atomic E-state index is 0.831. The molecule has 132 valence electrons. The van der Waals surface area contributed by atoms with Crippen LogP contribution in [-0.4, -0.2) is 51.9 Å². The number of pyridine rings is 1. The third-order valence-corrected chi connectivity index (χ3v) is 6.43. The molecule has 2 aromatic heterocycles. The van der Waals surface area contributed by atoms with Crippen LogP contribution in [0.2, 0.25) is 0 Å². The summed E-state index contributed by atoms with van der Waals surface area (Å²) in [6.45, 7) is 9.10. The number of aryl methyl sites for hydroxylation is 2. The van der Waals surface area contributed by atoms with Crippen molar-refractivity contribution in [1.29, 1.82) is 0 Å². The molecule has 0 N–H and O–H groups in total. The van der Waals surface area contributed by atoms with Crippen molar-refractivity contribution in [2.45, 2.75) is 39.2 Å². The highest BCUT2D eigenvalue weighted by molar-refractivity contribution is 5.45. The standard InChI is InChI=1S/C20H27N5/c1-14-9-15(2)25(22-14)17-6-7-20(21-10-17)24-12-16-11-23-8-4-3-5-19(23)18(16)13-24/h6-7,9-10,16,18-19H,3-5,8,11-13H2,1-2H3/t16-,18+,19-/m0/s1. The Bertz CT molecular complexity index is 765. The van der Waals surface area contributed by atoms with Crippen LogP contribution >= 0.6 is 0 Å². The van der Waals surface area contributed by atoms with Crippen LogP contribution in [0, 0.1) is 25.7 Å². The molecule has 2 aromatic rings. The van der Waals surface area contributed by atoms with E-state index in [1.54, 1.807) is 0 Å². The lowest BCUT2D eigenvalue weighted by atomic mass is 9.90.